The van der Waals surface area contributed by atoms with Gasteiger partial charge in [-0.15, -0.1) is 6.58 Å². The third-order valence-corrected chi connectivity index (χ3v) is 6.08. The quantitative estimate of drug-likeness (QED) is 0.340. The van der Waals surface area contributed by atoms with Crippen LogP contribution in [0.2, 0.25) is 0 Å². The van der Waals surface area contributed by atoms with E-state index in [2.05, 4.69) is 30.5 Å². The maximum absolute atomic E-state index is 10.6. The highest BCUT2D eigenvalue weighted by Gasteiger charge is 2.28. The van der Waals surface area contributed by atoms with E-state index in [9.17, 15) is 5.11 Å². The van der Waals surface area contributed by atoms with Crippen LogP contribution in [0.5, 0.6) is 11.6 Å². The van der Waals surface area contributed by atoms with E-state index in [4.69, 9.17) is 9.84 Å². The number of para-hydroxylation sites is 2. The molecule has 1 aromatic heterocycles. The van der Waals surface area contributed by atoms with E-state index >= 15 is 0 Å². The number of ether oxygens (including phenoxy) is 1. The molecule has 1 N–H and O–H groups in total. The fraction of sp³-hybridized carbons (Fsp3) is 0.393. The number of allylic oxidation sites excluding steroid dienone is 1. The molecular weight excluding hydrogens is 410 g/mol. The predicted octanol–water partition coefficient (Wildman–Crippen LogP) is 5.77. The number of aromatic nitrogens is 2. The molecule has 5 heteroatoms. The summed E-state index contributed by atoms with van der Waals surface area (Å²) in [5.74, 6) is 2.27. The smallest absolute Gasteiger partial charge is 0.227 e. The molecular formula is C28H35N3O2. The number of nitrogens with zero attached hydrogens (tertiary/aromatic N) is 3. The molecule has 1 atom stereocenters. The molecule has 1 aliphatic carbocycles. The third kappa shape index (κ3) is 6.34. The molecule has 33 heavy (non-hydrogen) atoms. The van der Waals surface area contributed by atoms with Gasteiger partial charge in [0.1, 0.15) is 5.75 Å². The maximum Gasteiger partial charge on any atom is 0.227 e. The lowest BCUT2D eigenvalue weighted by Gasteiger charge is -2.25. The number of hydrogen-bond donors (Lipinski definition) is 1. The summed E-state index contributed by atoms with van der Waals surface area (Å²) in [4.78, 5) is 2.38. The minimum absolute atomic E-state index is 0.366. The first-order valence-electron chi connectivity index (χ1n) is 12.1. The zero-order valence-electron chi connectivity index (χ0n) is 19.6. The van der Waals surface area contributed by atoms with Crippen molar-refractivity contribution in [3.05, 3.63) is 84.6 Å². The number of hydrogen-bond acceptors (Lipinski definition) is 4. The van der Waals surface area contributed by atoms with Gasteiger partial charge in [-0.1, -0.05) is 49.4 Å². The summed E-state index contributed by atoms with van der Waals surface area (Å²) in [5, 5.41) is 15.6. The Morgan fingerprint density at radius 3 is 2.48 bits per heavy atom. The van der Waals surface area contributed by atoms with Gasteiger partial charge in [-0.3, -0.25) is 4.90 Å². The lowest BCUT2D eigenvalue weighted by atomic mass is 10.1. The van der Waals surface area contributed by atoms with E-state index in [1.54, 1.807) is 0 Å². The molecule has 0 aliphatic heterocycles. The molecule has 5 nitrogen and oxygen atoms in total. The molecule has 0 bridgehead atoms. The second-order valence-electron chi connectivity index (χ2n) is 8.90. The Labute approximate surface area is 197 Å². The normalized spacial score (nSPS) is 14.4. The van der Waals surface area contributed by atoms with E-state index in [-0.39, 0.29) is 6.10 Å². The van der Waals surface area contributed by atoms with E-state index in [0.29, 0.717) is 13.1 Å². The molecule has 0 radical (unpaired) electrons. The molecule has 0 amide bonds. The molecule has 0 spiro atoms. The minimum Gasteiger partial charge on any atom is -0.439 e. The van der Waals surface area contributed by atoms with Gasteiger partial charge in [-0.05, 0) is 62.3 Å². The van der Waals surface area contributed by atoms with E-state index < -0.39 is 0 Å². The van der Waals surface area contributed by atoms with E-state index in [1.165, 1.54) is 12.8 Å². The lowest BCUT2D eigenvalue weighted by Crippen LogP contribution is -2.34. The highest BCUT2D eigenvalue weighted by Crippen LogP contribution is 2.34. The second kappa shape index (κ2) is 11.3. The van der Waals surface area contributed by atoms with Crippen LogP contribution < -0.4 is 4.74 Å². The molecule has 0 saturated heterocycles. The van der Waals surface area contributed by atoms with E-state index in [0.717, 1.165) is 60.3 Å². The van der Waals surface area contributed by atoms with Crippen LogP contribution in [0.15, 0.2) is 73.3 Å². The zero-order valence-corrected chi connectivity index (χ0v) is 19.6. The summed E-state index contributed by atoms with van der Waals surface area (Å²) in [6, 6.07) is 20.0. The highest BCUT2D eigenvalue weighted by molar-refractivity contribution is 5.43. The van der Waals surface area contributed by atoms with Crippen molar-refractivity contribution in [2.45, 2.75) is 51.7 Å². The van der Waals surface area contributed by atoms with Crippen molar-refractivity contribution in [2.24, 2.45) is 5.92 Å². The van der Waals surface area contributed by atoms with Gasteiger partial charge >= 0.3 is 0 Å². The Morgan fingerprint density at radius 1 is 1.15 bits per heavy atom. The molecule has 2 aromatic carbocycles. The largest absolute Gasteiger partial charge is 0.439 e. The van der Waals surface area contributed by atoms with E-state index in [1.807, 2.05) is 59.3 Å². The van der Waals surface area contributed by atoms with Crippen LogP contribution in [0.1, 0.15) is 43.9 Å². The molecule has 1 saturated carbocycles. The van der Waals surface area contributed by atoms with Crippen molar-refractivity contribution in [2.75, 3.05) is 13.1 Å². The predicted molar refractivity (Wildman–Crippen MR) is 133 cm³/mol. The zero-order chi connectivity index (χ0) is 23.0. The van der Waals surface area contributed by atoms with Gasteiger partial charge in [0.25, 0.3) is 0 Å². The molecule has 1 aliphatic rings. The first kappa shape index (κ1) is 23.3. The fourth-order valence-corrected chi connectivity index (χ4v) is 4.16. The Bertz CT molecular complexity index is 1010. The number of benzene rings is 2. The van der Waals surface area contributed by atoms with Crippen LogP contribution in [-0.2, 0) is 13.0 Å². The first-order chi connectivity index (χ1) is 16.2. The van der Waals surface area contributed by atoms with Crippen molar-refractivity contribution in [1.29, 1.82) is 0 Å². The van der Waals surface area contributed by atoms with Crippen molar-refractivity contribution in [1.82, 2.24) is 14.7 Å². The highest BCUT2D eigenvalue weighted by atomic mass is 16.5. The SMILES string of the molecule is C=CCC[C@@H](O)CN(Cc1c(CC)nn(-c2ccccc2)c1Oc1ccccc1)CC1CC1. The maximum atomic E-state index is 10.6. The summed E-state index contributed by atoms with van der Waals surface area (Å²) >= 11 is 0. The third-order valence-electron chi connectivity index (χ3n) is 6.08. The number of rotatable bonds is 13. The van der Waals surface area contributed by atoms with Crippen LogP contribution in [0.25, 0.3) is 5.69 Å². The lowest BCUT2D eigenvalue weighted by molar-refractivity contribution is 0.0990. The standard InChI is InChI=1S/C28H35N3O2/c1-3-5-14-24(32)20-30(19-22-17-18-22)21-26-27(4-2)29-31(23-12-8-6-9-13-23)28(26)33-25-15-10-7-11-16-25/h3,6-13,15-16,22,24,32H,1,4-5,14,17-21H2,2H3/t24-/m1/s1. The monoisotopic (exact) mass is 445 g/mol. The van der Waals surface area contributed by atoms with Gasteiger partial charge in [-0.2, -0.15) is 5.10 Å². The summed E-state index contributed by atoms with van der Waals surface area (Å²) in [6.07, 6.45) is 6.44. The van der Waals surface area contributed by atoms with Crippen molar-refractivity contribution < 1.29 is 9.84 Å². The summed E-state index contributed by atoms with van der Waals surface area (Å²) < 4.78 is 8.39. The molecule has 174 valence electrons. The Kier molecular flexibility index (Phi) is 7.97. The van der Waals surface area contributed by atoms with Crippen molar-refractivity contribution in [3.8, 4) is 17.3 Å². The van der Waals surface area contributed by atoms with Gasteiger partial charge < -0.3 is 9.84 Å². The average Bonchev–Trinajstić information content (AvgIpc) is 3.60. The molecule has 0 unspecified atom stereocenters. The molecule has 1 fully saturated rings. The molecule has 3 aromatic rings. The number of aliphatic hydroxyl groups excluding tert-OH is 1. The number of aliphatic hydroxyl groups is 1. The summed E-state index contributed by atoms with van der Waals surface area (Å²) in [7, 11) is 0. The fourth-order valence-electron chi connectivity index (χ4n) is 4.16. The minimum atomic E-state index is -0.366. The first-order valence-corrected chi connectivity index (χ1v) is 12.1. The van der Waals surface area contributed by atoms with Gasteiger partial charge in [-0.25, -0.2) is 4.68 Å². The van der Waals surface area contributed by atoms with Crippen molar-refractivity contribution in [3.63, 3.8) is 0 Å². The van der Waals surface area contributed by atoms with Crippen LogP contribution >= 0.6 is 0 Å². The molecule has 4 rings (SSSR count). The van der Waals surface area contributed by atoms with Crippen LogP contribution in [0, 0.1) is 5.92 Å². The second-order valence-corrected chi connectivity index (χ2v) is 8.90. The van der Waals surface area contributed by atoms with Crippen LogP contribution in [0.4, 0.5) is 0 Å². The van der Waals surface area contributed by atoms with Gasteiger partial charge in [0, 0.05) is 19.6 Å². The molecule has 1 heterocycles. The summed E-state index contributed by atoms with van der Waals surface area (Å²) in [6.45, 7) is 8.28. The Hall–Kier alpha value is -2.89. The number of aryl methyl sites for hydroxylation is 1. The Morgan fingerprint density at radius 2 is 1.85 bits per heavy atom. The summed E-state index contributed by atoms with van der Waals surface area (Å²) in [5.41, 5.74) is 3.11. The van der Waals surface area contributed by atoms with Gasteiger partial charge in [0.2, 0.25) is 5.88 Å². The van der Waals surface area contributed by atoms with Crippen molar-refractivity contribution >= 4 is 0 Å². The van der Waals surface area contributed by atoms with Crippen LogP contribution in [0.3, 0.4) is 0 Å². The van der Waals surface area contributed by atoms with Gasteiger partial charge in [0.15, 0.2) is 0 Å². The average molecular weight is 446 g/mol. The van der Waals surface area contributed by atoms with Crippen LogP contribution in [-0.4, -0.2) is 39.0 Å². The Balaban J connectivity index is 1.68. The van der Waals surface area contributed by atoms with Gasteiger partial charge in [0.05, 0.1) is 23.0 Å². The topological polar surface area (TPSA) is 50.5 Å².